The van der Waals surface area contributed by atoms with E-state index in [2.05, 4.69) is 43.2 Å². The summed E-state index contributed by atoms with van der Waals surface area (Å²) in [5, 5.41) is 5.02. The summed E-state index contributed by atoms with van der Waals surface area (Å²) in [6.07, 6.45) is 0. The van der Waals surface area contributed by atoms with E-state index in [1.807, 2.05) is 0 Å². The van der Waals surface area contributed by atoms with Gasteiger partial charge in [-0.25, -0.2) is 0 Å². The van der Waals surface area contributed by atoms with Crippen molar-refractivity contribution >= 4 is 11.8 Å². The average Bonchev–Trinajstić information content (AvgIpc) is 2.30. The summed E-state index contributed by atoms with van der Waals surface area (Å²) in [5.74, 6) is -1.22. The van der Waals surface area contributed by atoms with Crippen LogP contribution in [0.4, 0.5) is 0 Å². The van der Waals surface area contributed by atoms with Crippen LogP contribution in [0.5, 0.6) is 0 Å². The van der Waals surface area contributed by atoms with Crippen molar-refractivity contribution in [3.63, 3.8) is 0 Å². The van der Waals surface area contributed by atoms with Crippen LogP contribution in [0, 0.1) is 0 Å². The lowest BCUT2D eigenvalue weighted by Gasteiger charge is -2.30. The molecule has 4 N–H and O–H groups in total. The number of nitrogens with two attached hydrogens (primary N) is 1. The predicted molar refractivity (Wildman–Crippen MR) is 72.1 cm³/mol. The molecule has 6 heteroatoms. The molecule has 2 amide bonds. The summed E-state index contributed by atoms with van der Waals surface area (Å²) in [6.45, 7) is 10.3. The Kier molecular flexibility index (Phi) is 8.32. The third-order valence-electron chi connectivity index (χ3n) is 2.62. The van der Waals surface area contributed by atoms with E-state index in [9.17, 15) is 9.59 Å². The Morgan fingerprint density at radius 2 is 1.44 bits per heavy atom. The largest absolute Gasteiger partial charge is 0.347 e. The summed E-state index contributed by atoms with van der Waals surface area (Å²) >= 11 is 0. The van der Waals surface area contributed by atoms with Crippen molar-refractivity contribution in [1.82, 2.24) is 15.5 Å². The topological polar surface area (TPSA) is 87.5 Å². The Bertz CT molecular complexity index is 259. The molecule has 0 saturated carbocycles. The molecule has 0 aromatic rings. The molecule has 0 fully saturated rings. The number of nitrogens with one attached hydrogen (secondary N) is 2. The summed E-state index contributed by atoms with van der Waals surface area (Å²) < 4.78 is 0. The average molecular weight is 258 g/mol. The highest BCUT2D eigenvalue weighted by Gasteiger charge is 2.15. The van der Waals surface area contributed by atoms with Crippen molar-refractivity contribution < 1.29 is 9.59 Å². The molecule has 0 rings (SSSR count). The van der Waals surface area contributed by atoms with Gasteiger partial charge in [-0.3, -0.25) is 14.5 Å². The van der Waals surface area contributed by atoms with Crippen LogP contribution in [0.2, 0.25) is 0 Å². The fraction of sp³-hybridized carbons (Fsp3) is 0.833. The van der Waals surface area contributed by atoms with Crippen LogP contribution in [0.1, 0.15) is 27.7 Å². The monoisotopic (exact) mass is 258 g/mol. The molecule has 6 nitrogen and oxygen atoms in total. The van der Waals surface area contributed by atoms with Gasteiger partial charge in [0, 0.05) is 38.3 Å². The first kappa shape index (κ1) is 16.9. The van der Waals surface area contributed by atoms with E-state index in [0.717, 1.165) is 6.54 Å². The molecule has 0 atom stereocenters. The zero-order valence-corrected chi connectivity index (χ0v) is 11.8. The maximum absolute atomic E-state index is 11.4. The molecule has 0 aliphatic heterocycles. The molecule has 0 spiro atoms. The van der Waals surface area contributed by atoms with Gasteiger partial charge in [0.1, 0.15) is 0 Å². The third kappa shape index (κ3) is 6.56. The second-order valence-corrected chi connectivity index (χ2v) is 4.73. The first-order valence-electron chi connectivity index (χ1n) is 6.42. The Morgan fingerprint density at radius 1 is 1.00 bits per heavy atom. The molecular weight excluding hydrogens is 232 g/mol. The number of hydrogen-bond donors (Lipinski definition) is 3. The van der Waals surface area contributed by atoms with Gasteiger partial charge in [-0.1, -0.05) is 0 Å². The van der Waals surface area contributed by atoms with E-state index < -0.39 is 11.8 Å². The first-order chi connectivity index (χ1) is 8.40. The first-order valence-corrected chi connectivity index (χ1v) is 6.42. The zero-order valence-electron chi connectivity index (χ0n) is 11.8. The lowest BCUT2D eigenvalue weighted by atomic mass is 10.2. The van der Waals surface area contributed by atoms with Crippen LogP contribution in [0.25, 0.3) is 0 Å². The Labute approximate surface area is 109 Å². The normalized spacial score (nSPS) is 11.1. The van der Waals surface area contributed by atoms with Crippen LogP contribution in [0.15, 0.2) is 0 Å². The molecule has 0 radical (unpaired) electrons. The van der Waals surface area contributed by atoms with E-state index in [4.69, 9.17) is 5.73 Å². The minimum absolute atomic E-state index is 0.316. The number of amides is 2. The van der Waals surface area contributed by atoms with Crippen LogP contribution in [0.3, 0.4) is 0 Å². The Balaban J connectivity index is 3.95. The minimum Gasteiger partial charge on any atom is -0.347 e. The fourth-order valence-corrected chi connectivity index (χ4v) is 1.76. The zero-order chi connectivity index (χ0) is 14.1. The molecule has 0 aromatic heterocycles. The lowest BCUT2D eigenvalue weighted by molar-refractivity contribution is -0.139. The standard InChI is InChI=1S/C12H26N4O2/c1-9(2)16(10(3)4)8-7-15-12(18)11(17)14-6-5-13/h9-10H,5-8,13H2,1-4H3,(H,14,17)(H,15,18). The molecule has 18 heavy (non-hydrogen) atoms. The molecule has 0 aliphatic carbocycles. The number of hydrogen-bond acceptors (Lipinski definition) is 4. The van der Waals surface area contributed by atoms with Crippen LogP contribution in [-0.2, 0) is 9.59 Å². The van der Waals surface area contributed by atoms with E-state index in [1.165, 1.54) is 0 Å². The van der Waals surface area contributed by atoms with Crippen LogP contribution < -0.4 is 16.4 Å². The van der Waals surface area contributed by atoms with Crippen LogP contribution >= 0.6 is 0 Å². The molecular formula is C12H26N4O2. The van der Waals surface area contributed by atoms with Gasteiger partial charge in [-0.15, -0.1) is 0 Å². The molecule has 0 aliphatic rings. The van der Waals surface area contributed by atoms with E-state index in [1.54, 1.807) is 0 Å². The molecule has 0 unspecified atom stereocenters. The molecule has 0 saturated heterocycles. The fourth-order valence-electron chi connectivity index (χ4n) is 1.76. The predicted octanol–water partition coefficient (Wildman–Crippen LogP) is -0.704. The van der Waals surface area contributed by atoms with Crippen molar-refractivity contribution in [2.24, 2.45) is 5.73 Å². The van der Waals surface area contributed by atoms with Crippen molar-refractivity contribution in [2.75, 3.05) is 26.2 Å². The van der Waals surface area contributed by atoms with Crippen molar-refractivity contribution in [1.29, 1.82) is 0 Å². The van der Waals surface area contributed by atoms with Crippen LogP contribution in [-0.4, -0.2) is 55.0 Å². The second-order valence-electron chi connectivity index (χ2n) is 4.73. The van der Waals surface area contributed by atoms with Gasteiger partial charge in [0.05, 0.1) is 0 Å². The second kappa shape index (κ2) is 8.88. The maximum atomic E-state index is 11.4. The third-order valence-corrected chi connectivity index (χ3v) is 2.62. The number of rotatable bonds is 7. The van der Waals surface area contributed by atoms with Crippen molar-refractivity contribution in [3.8, 4) is 0 Å². The Hall–Kier alpha value is -1.14. The molecule has 106 valence electrons. The van der Waals surface area contributed by atoms with Gasteiger partial charge in [0.2, 0.25) is 0 Å². The summed E-state index contributed by atoms with van der Waals surface area (Å²) in [7, 11) is 0. The molecule has 0 aromatic carbocycles. The van der Waals surface area contributed by atoms with Gasteiger partial charge < -0.3 is 16.4 Å². The maximum Gasteiger partial charge on any atom is 0.309 e. The lowest BCUT2D eigenvalue weighted by Crippen LogP contribution is -2.46. The molecule has 0 bridgehead atoms. The summed E-state index contributed by atoms with van der Waals surface area (Å²) in [4.78, 5) is 24.9. The summed E-state index contributed by atoms with van der Waals surface area (Å²) in [6, 6.07) is 0.820. The van der Waals surface area contributed by atoms with Gasteiger partial charge in [0.25, 0.3) is 0 Å². The van der Waals surface area contributed by atoms with Gasteiger partial charge in [-0.2, -0.15) is 0 Å². The smallest absolute Gasteiger partial charge is 0.309 e. The highest BCUT2D eigenvalue weighted by molar-refractivity contribution is 6.35. The van der Waals surface area contributed by atoms with Crippen molar-refractivity contribution in [3.05, 3.63) is 0 Å². The highest BCUT2D eigenvalue weighted by atomic mass is 16.2. The minimum atomic E-state index is -0.624. The molecule has 0 heterocycles. The quantitative estimate of drug-likeness (QED) is 0.527. The van der Waals surface area contributed by atoms with Gasteiger partial charge in [0.15, 0.2) is 0 Å². The Morgan fingerprint density at radius 3 is 1.83 bits per heavy atom. The summed E-state index contributed by atoms with van der Waals surface area (Å²) in [5.41, 5.74) is 5.23. The van der Waals surface area contributed by atoms with E-state index in [-0.39, 0.29) is 0 Å². The number of carbonyl (C=O) groups is 2. The number of nitrogens with zero attached hydrogens (tertiary/aromatic N) is 1. The van der Waals surface area contributed by atoms with Crippen molar-refractivity contribution in [2.45, 2.75) is 39.8 Å². The van der Waals surface area contributed by atoms with Gasteiger partial charge >= 0.3 is 11.8 Å². The highest BCUT2D eigenvalue weighted by Crippen LogP contribution is 2.02. The SMILES string of the molecule is CC(C)N(CCNC(=O)C(=O)NCCN)C(C)C. The number of carbonyl (C=O) groups excluding carboxylic acids is 2. The van der Waals surface area contributed by atoms with E-state index >= 15 is 0 Å². The van der Waals surface area contributed by atoms with E-state index in [0.29, 0.717) is 31.7 Å². The van der Waals surface area contributed by atoms with Gasteiger partial charge in [-0.05, 0) is 27.7 Å².